The van der Waals surface area contributed by atoms with Gasteiger partial charge in [-0.2, -0.15) is 0 Å². The van der Waals surface area contributed by atoms with E-state index in [1.54, 1.807) is 6.07 Å². The molecule has 0 aliphatic rings. The molecule has 6 heteroatoms. The van der Waals surface area contributed by atoms with Crippen molar-refractivity contribution >= 4 is 22.7 Å². The van der Waals surface area contributed by atoms with Crippen LogP contribution in [0.25, 0.3) is 22.2 Å². The number of para-hydroxylation sites is 1. The molecule has 2 N–H and O–H groups in total. The van der Waals surface area contributed by atoms with Crippen molar-refractivity contribution in [1.82, 2.24) is 9.47 Å². The van der Waals surface area contributed by atoms with Gasteiger partial charge in [-0.1, -0.05) is 60.7 Å². The monoisotopic (exact) mass is 415 g/mol. The van der Waals surface area contributed by atoms with Gasteiger partial charge >= 0.3 is 0 Å². The second kappa shape index (κ2) is 8.44. The average molecular weight is 415 g/mol. The summed E-state index contributed by atoms with van der Waals surface area (Å²) >= 11 is 0. The Kier molecular flexibility index (Phi) is 5.54. The van der Waals surface area contributed by atoms with Crippen molar-refractivity contribution < 1.29 is 14.0 Å². The van der Waals surface area contributed by atoms with Gasteiger partial charge in [0.05, 0.1) is 0 Å². The molecule has 1 heterocycles. The predicted molar refractivity (Wildman–Crippen MR) is 118 cm³/mol. The summed E-state index contributed by atoms with van der Waals surface area (Å²) in [6, 6.07) is 24.1. The molecule has 1 atom stereocenters. The van der Waals surface area contributed by atoms with E-state index in [-0.39, 0.29) is 12.5 Å². The number of likely N-dealkylation sites (N-methyl/N-ethyl adjacent to an activating group) is 1. The minimum Gasteiger partial charge on any atom is -0.368 e. The molecule has 4 rings (SSSR count). The number of nitrogens with zero attached hydrogens (tertiary/aromatic N) is 2. The lowest BCUT2D eigenvalue weighted by Crippen LogP contribution is -2.40. The molecule has 3 aromatic carbocycles. The Labute approximate surface area is 179 Å². The minimum atomic E-state index is -1.06. The lowest BCUT2D eigenvalue weighted by molar-refractivity contribution is -0.138. The lowest BCUT2D eigenvalue weighted by Gasteiger charge is -2.27. The first-order valence-corrected chi connectivity index (χ1v) is 9.90. The Bertz CT molecular complexity index is 1250. The fraction of sp³-hybridized carbons (Fsp3) is 0.120. The van der Waals surface area contributed by atoms with Crippen LogP contribution in [0.5, 0.6) is 0 Å². The summed E-state index contributed by atoms with van der Waals surface area (Å²) in [7, 11) is 1.51. The maximum atomic E-state index is 13.7. The molecule has 0 spiro atoms. The Morgan fingerprint density at radius 3 is 2.39 bits per heavy atom. The molecule has 5 nitrogen and oxygen atoms in total. The second-order valence-electron chi connectivity index (χ2n) is 7.41. The van der Waals surface area contributed by atoms with E-state index in [9.17, 15) is 14.0 Å². The third-order valence-corrected chi connectivity index (χ3v) is 5.39. The molecule has 31 heavy (non-hydrogen) atoms. The molecule has 1 aromatic heterocycles. The largest absolute Gasteiger partial charge is 0.368 e. The molecule has 156 valence electrons. The first-order valence-electron chi connectivity index (χ1n) is 9.90. The van der Waals surface area contributed by atoms with Crippen LogP contribution >= 0.6 is 0 Å². The van der Waals surface area contributed by atoms with Crippen LogP contribution in [0.15, 0.2) is 84.9 Å². The van der Waals surface area contributed by atoms with Gasteiger partial charge < -0.3 is 15.2 Å². The van der Waals surface area contributed by atoms with E-state index < -0.39 is 17.8 Å². The van der Waals surface area contributed by atoms with Crippen molar-refractivity contribution in [3.8, 4) is 11.3 Å². The van der Waals surface area contributed by atoms with Crippen LogP contribution in [0.1, 0.15) is 11.6 Å². The number of hydrogen-bond donors (Lipinski definition) is 1. The van der Waals surface area contributed by atoms with E-state index in [4.69, 9.17) is 5.73 Å². The van der Waals surface area contributed by atoms with E-state index in [1.807, 2.05) is 65.2 Å². The van der Waals surface area contributed by atoms with Crippen LogP contribution in [-0.2, 0) is 16.1 Å². The number of hydrogen-bond acceptors (Lipinski definition) is 2. The van der Waals surface area contributed by atoms with Crippen molar-refractivity contribution in [3.05, 3.63) is 96.3 Å². The lowest BCUT2D eigenvalue weighted by atomic mass is 10.0. The summed E-state index contributed by atoms with van der Waals surface area (Å²) < 4.78 is 15.6. The second-order valence-corrected chi connectivity index (χ2v) is 7.41. The molecule has 0 aliphatic carbocycles. The maximum Gasteiger partial charge on any atom is 0.244 e. The Morgan fingerprint density at radius 1 is 0.968 bits per heavy atom. The van der Waals surface area contributed by atoms with Crippen molar-refractivity contribution in [1.29, 1.82) is 0 Å². The number of primary amides is 1. The number of halogens is 1. The van der Waals surface area contributed by atoms with Crippen molar-refractivity contribution in [3.63, 3.8) is 0 Å². The van der Waals surface area contributed by atoms with Crippen molar-refractivity contribution in [2.75, 3.05) is 7.05 Å². The molecule has 2 amide bonds. The highest BCUT2D eigenvalue weighted by atomic mass is 19.1. The Morgan fingerprint density at radius 2 is 1.68 bits per heavy atom. The maximum absolute atomic E-state index is 13.7. The smallest absolute Gasteiger partial charge is 0.244 e. The highest BCUT2D eigenvalue weighted by molar-refractivity contribution is 5.91. The van der Waals surface area contributed by atoms with Gasteiger partial charge in [-0.3, -0.25) is 9.59 Å². The van der Waals surface area contributed by atoms with E-state index in [2.05, 4.69) is 0 Å². The topological polar surface area (TPSA) is 68.3 Å². The third-order valence-electron chi connectivity index (χ3n) is 5.39. The fourth-order valence-corrected chi connectivity index (χ4v) is 3.87. The summed E-state index contributed by atoms with van der Waals surface area (Å²) in [5, 5.41) is 1.01. The third kappa shape index (κ3) is 4.05. The number of aromatic nitrogens is 1. The molecule has 0 bridgehead atoms. The molecular weight excluding hydrogens is 393 g/mol. The number of amides is 2. The summed E-state index contributed by atoms with van der Waals surface area (Å²) in [5.41, 5.74) is 8.70. The zero-order valence-corrected chi connectivity index (χ0v) is 17.0. The first kappa shape index (κ1) is 20.3. The van der Waals surface area contributed by atoms with Crippen LogP contribution in [-0.4, -0.2) is 28.3 Å². The highest BCUT2D eigenvalue weighted by Crippen LogP contribution is 2.29. The normalized spacial score (nSPS) is 11.9. The molecule has 0 radical (unpaired) electrons. The first-order chi connectivity index (χ1) is 15.0. The molecule has 0 aliphatic heterocycles. The van der Waals surface area contributed by atoms with Crippen LogP contribution < -0.4 is 5.73 Å². The highest BCUT2D eigenvalue weighted by Gasteiger charge is 2.28. The quantitative estimate of drug-likeness (QED) is 0.514. The van der Waals surface area contributed by atoms with Gasteiger partial charge in [0.25, 0.3) is 0 Å². The molecule has 0 fully saturated rings. The van der Waals surface area contributed by atoms with Gasteiger partial charge in [-0.25, -0.2) is 4.39 Å². The number of fused-ring (bicyclic) bond motifs is 1. The summed E-state index contributed by atoms with van der Waals surface area (Å²) in [6.07, 6.45) is 0. The number of carbonyl (C=O) groups is 2. The number of nitrogens with two attached hydrogens (primary N) is 1. The summed E-state index contributed by atoms with van der Waals surface area (Å²) in [6.45, 7) is 0.00728. The number of carbonyl (C=O) groups excluding carboxylic acids is 2. The van der Waals surface area contributed by atoms with Crippen molar-refractivity contribution in [2.45, 2.75) is 12.6 Å². The van der Waals surface area contributed by atoms with E-state index >= 15 is 0 Å². The van der Waals surface area contributed by atoms with Gasteiger partial charge in [0.15, 0.2) is 0 Å². The molecule has 0 saturated heterocycles. The number of benzene rings is 3. The molecule has 0 saturated carbocycles. The van der Waals surface area contributed by atoms with Gasteiger partial charge in [-0.05, 0) is 35.4 Å². The standard InChI is InChI=1S/C25H22FN3O2/c1-28(24(25(27)31)19-11-7-12-20(26)14-19)23(30)16-29-21-13-6-5-10-18(21)15-22(29)17-8-3-2-4-9-17/h2-15,24H,16H2,1H3,(H2,27,31). The zero-order chi connectivity index (χ0) is 22.0. The van der Waals surface area contributed by atoms with E-state index in [0.29, 0.717) is 5.56 Å². The minimum absolute atomic E-state index is 0.00728. The van der Waals surface area contributed by atoms with Gasteiger partial charge in [0, 0.05) is 23.6 Å². The van der Waals surface area contributed by atoms with Crippen LogP contribution in [0.4, 0.5) is 4.39 Å². The predicted octanol–water partition coefficient (Wildman–Crippen LogP) is 4.13. The Hall–Kier alpha value is -3.93. The molecule has 4 aromatic rings. The average Bonchev–Trinajstić information content (AvgIpc) is 3.12. The SMILES string of the molecule is CN(C(=O)Cn1c(-c2ccccc2)cc2ccccc21)C(C(N)=O)c1cccc(F)c1. The summed E-state index contributed by atoms with van der Waals surface area (Å²) in [4.78, 5) is 26.7. The molecular formula is C25H22FN3O2. The zero-order valence-electron chi connectivity index (χ0n) is 17.0. The van der Waals surface area contributed by atoms with E-state index in [1.165, 1.54) is 30.1 Å². The van der Waals surface area contributed by atoms with Gasteiger partial charge in [-0.15, -0.1) is 0 Å². The molecule has 1 unspecified atom stereocenters. The number of rotatable bonds is 6. The Balaban J connectivity index is 1.71. The fourth-order valence-electron chi connectivity index (χ4n) is 3.87. The van der Waals surface area contributed by atoms with Crippen molar-refractivity contribution in [2.24, 2.45) is 5.73 Å². The van der Waals surface area contributed by atoms with Crippen LogP contribution in [0, 0.1) is 5.82 Å². The van der Waals surface area contributed by atoms with Gasteiger partial charge in [0.1, 0.15) is 18.4 Å². The van der Waals surface area contributed by atoms with E-state index in [0.717, 1.165) is 22.2 Å². The van der Waals surface area contributed by atoms with Crippen LogP contribution in [0.3, 0.4) is 0 Å². The summed E-state index contributed by atoms with van der Waals surface area (Å²) in [5.74, 6) is -1.53. The van der Waals surface area contributed by atoms with Crippen LogP contribution in [0.2, 0.25) is 0 Å². The van der Waals surface area contributed by atoms with Gasteiger partial charge in [0.2, 0.25) is 11.8 Å².